The lowest BCUT2D eigenvalue weighted by molar-refractivity contribution is -0.141. The highest BCUT2D eigenvalue weighted by molar-refractivity contribution is 5.83. The smallest absolute Gasteiger partial charge is 0.229 e. The number of amides is 1. The van der Waals surface area contributed by atoms with Crippen molar-refractivity contribution in [1.82, 2.24) is 10.2 Å². The van der Waals surface area contributed by atoms with Crippen molar-refractivity contribution in [3.05, 3.63) is 0 Å². The van der Waals surface area contributed by atoms with Gasteiger partial charge in [0.15, 0.2) is 0 Å². The molecule has 3 heteroatoms. The molecular formula is C13H24N2O. The predicted molar refractivity (Wildman–Crippen MR) is 65.2 cm³/mol. The van der Waals surface area contributed by atoms with Crippen LogP contribution >= 0.6 is 0 Å². The standard InChI is InChI=1S/C13H24N2O/c1-12(2)6-8-15(10-12)11(16)13(3)5-4-7-14-9-13/h14H,4-10H2,1-3H3. The van der Waals surface area contributed by atoms with Gasteiger partial charge in [0, 0.05) is 19.6 Å². The number of carbonyl (C=O) groups excluding carboxylic acids is 1. The van der Waals surface area contributed by atoms with Gasteiger partial charge in [0.05, 0.1) is 5.41 Å². The van der Waals surface area contributed by atoms with E-state index in [1.807, 2.05) is 0 Å². The molecule has 0 aromatic rings. The van der Waals surface area contributed by atoms with Crippen molar-refractivity contribution in [2.45, 2.75) is 40.0 Å². The van der Waals surface area contributed by atoms with Crippen LogP contribution in [-0.2, 0) is 4.79 Å². The van der Waals surface area contributed by atoms with Gasteiger partial charge in [0.2, 0.25) is 5.91 Å². The lowest BCUT2D eigenvalue weighted by atomic mass is 9.81. The molecular weight excluding hydrogens is 200 g/mol. The third-order valence-electron chi connectivity index (χ3n) is 4.08. The van der Waals surface area contributed by atoms with E-state index in [9.17, 15) is 4.79 Å². The summed E-state index contributed by atoms with van der Waals surface area (Å²) in [5.74, 6) is 0.366. The highest BCUT2D eigenvalue weighted by Crippen LogP contribution is 2.34. The maximum absolute atomic E-state index is 12.5. The van der Waals surface area contributed by atoms with Crippen LogP contribution in [0.2, 0.25) is 0 Å². The van der Waals surface area contributed by atoms with E-state index in [0.717, 1.165) is 45.4 Å². The zero-order valence-electron chi connectivity index (χ0n) is 10.8. The minimum Gasteiger partial charge on any atom is -0.342 e. The first-order valence-corrected chi connectivity index (χ1v) is 6.43. The SMILES string of the molecule is CC1(C)CCN(C(=O)C2(C)CCCNC2)C1. The second kappa shape index (κ2) is 4.02. The van der Waals surface area contributed by atoms with Gasteiger partial charge in [-0.3, -0.25) is 4.79 Å². The van der Waals surface area contributed by atoms with Gasteiger partial charge in [0.1, 0.15) is 0 Å². The molecule has 2 aliphatic heterocycles. The highest BCUT2D eigenvalue weighted by atomic mass is 16.2. The van der Waals surface area contributed by atoms with Gasteiger partial charge < -0.3 is 10.2 Å². The Bertz CT molecular complexity index is 280. The van der Waals surface area contributed by atoms with E-state index in [-0.39, 0.29) is 5.41 Å². The lowest BCUT2D eigenvalue weighted by Gasteiger charge is -2.36. The normalized spacial score (nSPS) is 34.1. The summed E-state index contributed by atoms with van der Waals surface area (Å²) >= 11 is 0. The Morgan fingerprint density at radius 3 is 2.50 bits per heavy atom. The molecule has 2 fully saturated rings. The first kappa shape index (κ1) is 11.9. The van der Waals surface area contributed by atoms with Crippen LogP contribution in [0.25, 0.3) is 0 Å². The Morgan fingerprint density at radius 2 is 2.00 bits per heavy atom. The molecule has 0 spiro atoms. The molecule has 1 unspecified atom stereocenters. The monoisotopic (exact) mass is 224 g/mol. The molecule has 2 heterocycles. The second-order valence-corrected chi connectivity index (χ2v) is 6.48. The van der Waals surface area contributed by atoms with Crippen molar-refractivity contribution in [3.8, 4) is 0 Å². The van der Waals surface area contributed by atoms with Crippen LogP contribution in [0.15, 0.2) is 0 Å². The summed E-state index contributed by atoms with van der Waals surface area (Å²) in [5, 5.41) is 3.35. The van der Waals surface area contributed by atoms with Gasteiger partial charge >= 0.3 is 0 Å². The number of likely N-dealkylation sites (tertiary alicyclic amines) is 1. The number of piperidine rings is 1. The van der Waals surface area contributed by atoms with Gasteiger partial charge in [-0.05, 0) is 38.1 Å². The second-order valence-electron chi connectivity index (χ2n) is 6.48. The molecule has 0 bridgehead atoms. The maximum atomic E-state index is 12.5. The van der Waals surface area contributed by atoms with Crippen LogP contribution in [-0.4, -0.2) is 37.0 Å². The third kappa shape index (κ3) is 2.24. The van der Waals surface area contributed by atoms with Gasteiger partial charge in [0.25, 0.3) is 0 Å². The number of hydrogen-bond donors (Lipinski definition) is 1. The largest absolute Gasteiger partial charge is 0.342 e. The van der Waals surface area contributed by atoms with Crippen molar-refractivity contribution < 1.29 is 4.79 Å². The van der Waals surface area contributed by atoms with Gasteiger partial charge in [-0.15, -0.1) is 0 Å². The molecule has 1 atom stereocenters. The highest BCUT2D eigenvalue weighted by Gasteiger charge is 2.41. The molecule has 2 aliphatic rings. The summed E-state index contributed by atoms with van der Waals surface area (Å²) in [6, 6.07) is 0. The number of hydrogen-bond acceptors (Lipinski definition) is 2. The van der Waals surface area contributed by atoms with E-state index < -0.39 is 0 Å². The average Bonchev–Trinajstić information content (AvgIpc) is 2.59. The fraction of sp³-hybridized carbons (Fsp3) is 0.923. The number of nitrogens with zero attached hydrogens (tertiary/aromatic N) is 1. The zero-order chi connectivity index (χ0) is 11.8. The summed E-state index contributed by atoms with van der Waals surface area (Å²) in [5.41, 5.74) is 0.160. The van der Waals surface area contributed by atoms with Crippen LogP contribution in [0.3, 0.4) is 0 Å². The quantitative estimate of drug-likeness (QED) is 0.734. The molecule has 0 aromatic carbocycles. The molecule has 0 saturated carbocycles. The summed E-state index contributed by atoms with van der Waals surface area (Å²) in [6.07, 6.45) is 3.30. The first-order valence-electron chi connectivity index (χ1n) is 6.43. The van der Waals surface area contributed by atoms with Crippen molar-refractivity contribution >= 4 is 5.91 Å². The average molecular weight is 224 g/mol. The van der Waals surface area contributed by atoms with Crippen LogP contribution in [0.1, 0.15) is 40.0 Å². The fourth-order valence-electron chi connectivity index (χ4n) is 2.91. The lowest BCUT2D eigenvalue weighted by Crippen LogP contribution is -2.49. The predicted octanol–water partition coefficient (Wildman–Crippen LogP) is 1.63. The molecule has 1 N–H and O–H groups in total. The Labute approximate surface area is 98.6 Å². The molecule has 1 amide bonds. The molecule has 0 radical (unpaired) electrons. The van der Waals surface area contributed by atoms with Crippen LogP contribution in [0.4, 0.5) is 0 Å². The Hall–Kier alpha value is -0.570. The summed E-state index contributed by atoms with van der Waals surface area (Å²) in [7, 11) is 0. The van der Waals surface area contributed by atoms with Crippen molar-refractivity contribution in [2.24, 2.45) is 10.8 Å². The van der Waals surface area contributed by atoms with E-state index in [4.69, 9.17) is 0 Å². The van der Waals surface area contributed by atoms with E-state index in [1.54, 1.807) is 0 Å². The summed E-state index contributed by atoms with van der Waals surface area (Å²) in [4.78, 5) is 14.6. The van der Waals surface area contributed by atoms with E-state index in [0.29, 0.717) is 11.3 Å². The molecule has 16 heavy (non-hydrogen) atoms. The first-order chi connectivity index (χ1) is 7.43. The van der Waals surface area contributed by atoms with Gasteiger partial charge in [-0.25, -0.2) is 0 Å². The van der Waals surface area contributed by atoms with E-state index in [1.165, 1.54) is 0 Å². The molecule has 0 aromatic heterocycles. The number of rotatable bonds is 1. The maximum Gasteiger partial charge on any atom is 0.229 e. The fourth-order valence-corrected chi connectivity index (χ4v) is 2.91. The molecule has 0 aliphatic carbocycles. The van der Waals surface area contributed by atoms with Crippen LogP contribution in [0.5, 0.6) is 0 Å². The van der Waals surface area contributed by atoms with Crippen molar-refractivity contribution in [2.75, 3.05) is 26.2 Å². The molecule has 2 saturated heterocycles. The van der Waals surface area contributed by atoms with Crippen molar-refractivity contribution in [3.63, 3.8) is 0 Å². The van der Waals surface area contributed by atoms with Crippen LogP contribution < -0.4 is 5.32 Å². The minimum absolute atomic E-state index is 0.154. The molecule has 92 valence electrons. The topological polar surface area (TPSA) is 32.3 Å². The van der Waals surface area contributed by atoms with Gasteiger partial charge in [-0.1, -0.05) is 13.8 Å². The Balaban J connectivity index is 2.02. The summed E-state index contributed by atoms with van der Waals surface area (Å²) in [6.45, 7) is 10.4. The molecule has 2 rings (SSSR count). The van der Waals surface area contributed by atoms with Gasteiger partial charge in [-0.2, -0.15) is 0 Å². The van der Waals surface area contributed by atoms with E-state index >= 15 is 0 Å². The van der Waals surface area contributed by atoms with Crippen LogP contribution in [0, 0.1) is 10.8 Å². The zero-order valence-corrected chi connectivity index (χ0v) is 10.8. The van der Waals surface area contributed by atoms with E-state index in [2.05, 4.69) is 31.0 Å². The third-order valence-corrected chi connectivity index (χ3v) is 4.08. The minimum atomic E-state index is -0.154. The number of carbonyl (C=O) groups is 1. The Kier molecular flexibility index (Phi) is 2.99. The summed E-state index contributed by atoms with van der Waals surface area (Å²) < 4.78 is 0. The van der Waals surface area contributed by atoms with Crippen molar-refractivity contribution in [1.29, 1.82) is 0 Å². The number of nitrogens with one attached hydrogen (secondary N) is 1. The molecule has 3 nitrogen and oxygen atoms in total. The Morgan fingerprint density at radius 1 is 1.25 bits per heavy atom.